The van der Waals surface area contributed by atoms with E-state index in [0.717, 1.165) is 5.01 Å². The number of imide groups is 1. The van der Waals surface area contributed by atoms with Gasteiger partial charge in [0, 0.05) is 0 Å². The van der Waals surface area contributed by atoms with Gasteiger partial charge < -0.3 is 4.74 Å². The van der Waals surface area contributed by atoms with Crippen LogP contribution in [0, 0.1) is 5.82 Å². The Labute approximate surface area is 154 Å². The monoisotopic (exact) mass is 368 g/mol. The predicted molar refractivity (Wildman–Crippen MR) is 96.6 cm³/mol. The van der Waals surface area contributed by atoms with Crippen LogP contribution in [0.25, 0.3) is 11.0 Å². The first-order valence-corrected chi connectivity index (χ1v) is 8.50. The number of amides is 2. The van der Waals surface area contributed by atoms with E-state index >= 15 is 0 Å². The van der Waals surface area contributed by atoms with Crippen molar-refractivity contribution in [3.63, 3.8) is 0 Å². The molecule has 1 aliphatic rings. The van der Waals surface area contributed by atoms with Crippen LogP contribution in [0.15, 0.2) is 48.5 Å². The Kier molecular flexibility index (Phi) is 4.02. The van der Waals surface area contributed by atoms with Crippen LogP contribution in [0.3, 0.4) is 0 Å². The highest BCUT2D eigenvalue weighted by Gasteiger charge is 2.39. The van der Waals surface area contributed by atoms with Crippen LogP contribution in [0.5, 0.6) is 0 Å². The number of hydrogen-bond acceptors (Lipinski definition) is 5. The summed E-state index contributed by atoms with van der Waals surface area (Å²) < 4.78 is 20.0. The number of carbonyl (C=O) groups is 2. The minimum absolute atomic E-state index is 0.152. The van der Waals surface area contributed by atoms with Gasteiger partial charge in [0.1, 0.15) is 11.6 Å². The molecular weight excluding hydrogens is 351 g/mol. The molecule has 8 heteroatoms. The minimum Gasteiger partial charge on any atom is -0.445 e. The summed E-state index contributed by atoms with van der Waals surface area (Å²) >= 11 is 0. The zero-order valence-electron chi connectivity index (χ0n) is 14.8. The number of halogens is 1. The molecule has 0 radical (unpaired) electrons. The van der Waals surface area contributed by atoms with Crippen LogP contribution in [0.1, 0.15) is 19.7 Å². The van der Waals surface area contributed by atoms with Gasteiger partial charge in [0.25, 0.3) is 0 Å². The molecule has 1 aromatic heterocycles. The maximum atomic E-state index is 13.3. The van der Waals surface area contributed by atoms with Crippen molar-refractivity contribution >= 4 is 28.8 Å². The van der Waals surface area contributed by atoms with Crippen LogP contribution in [-0.2, 0) is 11.3 Å². The maximum absolute atomic E-state index is 13.3. The lowest BCUT2D eigenvalue weighted by Gasteiger charge is -2.37. The third-order valence-corrected chi connectivity index (χ3v) is 4.17. The fourth-order valence-corrected chi connectivity index (χ4v) is 3.05. The van der Waals surface area contributed by atoms with Crippen LogP contribution < -0.4 is 5.01 Å². The summed E-state index contributed by atoms with van der Waals surface area (Å²) in [5.74, 6) is 0.0738. The van der Waals surface area contributed by atoms with Gasteiger partial charge in [0.2, 0.25) is 0 Å². The molecule has 2 aromatic carbocycles. The SMILES string of the molecule is CC(C)OC(=O)N1C(=O)n2c(nc3ccccc32)CN1c1ccc(F)cc1. The molecule has 138 valence electrons. The highest BCUT2D eigenvalue weighted by molar-refractivity contribution is 6.00. The summed E-state index contributed by atoms with van der Waals surface area (Å²) in [6.45, 7) is 3.55. The summed E-state index contributed by atoms with van der Waals surface area (Å²) in [6.07, 6.45) is -1.20. The third kappa shape index (κ3) is 2.88. The van der Waals surface area contributed by atoms with Crippen molar-refractivity contribution in [1.29, 1.82) is 0 Å². The Balaban J connectivity index is 1.85. The molecule has 0 fully saturated rings. The molecule has 2 heterocycles. The second-order valence-electron chi connectivity index (χ2n) is 6.41. The lowest BCUT2D eigenvalue weighted by atomic mass is 10.3. The zero-order chi connectivity index (χ0) is 19.1. The first kappa shape index (κ1) is 17.0. The molecule has 0 saturated carbocycles. The van der Waals surface area contributed by atoms with Crippen LogP contribution in [0.2, 0.25) is 0 Å². The van der Waals surface area contributed by atoms with E-state index in [0.29, 0.717) is 22.5 Å². The Bertz CT molecular complexity index is 1030. The van der Waals surface area contributed by atoms with Crippen LogP contribution in [0.4, 0.5) is 19.7 Å². The largest absolute Gasteiger partial charge is 0.445 e. The van der Waals surface area contributed by atoms with E-state index in [4.69, 9.17) is 4.74 Å². The first-order valence-electron chi connectivity index (χ1n) is 8.50. The summed E-state index contributed by atoms with van der Waals surface area (Å²) in [5.41, 5.74) is 1.74. The smallest absolute Gasteiger partial charge is 0.437 e. The van der Waals surface area contributed by atoms with Crippen LogP contribution in [-0.4, -0.2) is 32.8 Å². The fourth-order valence-electron chi connectivity index (χ4n) is 3.05. The van der Waals surface area contributed by atoms with E-state index in [9.17, 15) is 14.0 Å². The summed E-state index contributed by atoms with van der Waals surface area (Å²) in [5, 5.41) is 2.36. The van der Waals surface area contributed by atoms with Crippen LogP contribution >= 0.6 is 0 Å². The van der Waals surface area contributed by atoms with Crippen molar-refractivity contribution in [3.8, 4) is 0 Å². The maximum Gasteiger partial charge on any atom is 0.437 e. The number of para-hydroxylation sites is 2. The van der Waals surface area contributed by atoms with Crippen molar-refractivity contribution < 1.29 is 18.7 Å². The van der Waals surface area contributed by atoms with E-state index in [1.807, 2.05) is 6.07 Å². The molecule has 0 unspecified atom stereocenters. The number of imidazole rings is 1. The summed E-state index contributed by atoms with van der Waals surface area (Å²) in [7, 11) is 0. The molecule has 0 spiro atoms. The van der Waals surface area contributed by atoms with Crippen molar-refractivity contribution in [2.75, 3.05) is 5.01 Å². The Morgan fingerprint density at radius 1 is 1.15 bits per heavy atom. The van der Waals surface area contributed by atoms with Gasteiger partial charge in [-0.2, -0.15) is 0 Å². The molecule has 27 heavy (non-hydrogen) atoms. The van der Waals surface area contributed by atoms with E-state index in [-0.39, 0.29) is 6.54 Å². The van der Waals surface area contributed by atoms with Gasteiger partial charge in [-0.05, 0) is 50.2 Å². The fraction of sp³-hybridized carbons (Fsp3) is 0.211. The number of benzene rings is 2. The predicted octanol–water partition coefficient (Wildman–Crippen LogP) is 3.93. The number of aromatic nitrogens is 2. The Morgan fingerprint density at radius 3 is 2.56 bits per heavy atom. The highest BCUT2D eigenvalue weighted by atomic mass is 19.1. The van der Waals surface area contributed by atoms with Gasteiger partial charge in [0.05, 0.1) is 29.4 Å². The van der Waals surface area contributed by atoms with Crippen molar-refractivity contribution in [2.24, 2.45) is 0 Å². The van der Waals surface area contributed by atoms with Gasteiger partial charge in [-0.25, -0.2) is 23.5 Å². The van der Waals surface area contributed by atoms with Gasteiger partial charge in [0.15, 0.2) is 0 Å². The third-order valence-electron chi connectivity index (χ3n) is 4.17. The lowest BCUT2D eigenvalue weighted by Crippen LogP contribution is -2.56. The number of carbonyl (C=O) groups excluding carboxylic acids is 2. The lowest BCUT2D eigenvalue weighted by molar-refractivity contribution is 0.0790. The molecule has 0 bridgehead atoms. The topological polar surface area (TPSA) is 67.7 Å². The Hall–Kier alpha value is -3.42. The molecule has 0 atom stereocenters. The molecule has 7 nitrogen and oxygen atoms in total. The first-order chi connectivity index (χ1) is 13.0. The number of hydrazine groups is 1. The number of rotatable bonds is 2. The average Bonchev–Trinajstić information content (AvgIpc) is 3.00. The van der Waals surface area contributed by atoms with Gasteiger partial charge in [-0.1, -0.05) is 12.1 Å². The molecular formula is C19H17FN4O3. The number of fused-ring (bicyclic) bond motifs is 3. The minimum atomic E-state index is -0.803. The number of nitrogens with zero attached hydrogens (tertiary/aromatic N) is 4. The molecule has 1 aliphatic heterocycles. The quantitative estimate of drug-likeness (QED) is 0.686. The average molecular weight is 368 g/mol. The van der Waals surface area contributed by atoms with Crippen molar-refractivity contribution in [3.05, 3.63) is 60.2 Å². The van der Waals surface area contributed by atoms with Crippen molar-refractivity contribution in [1.82, 2.24) is 14.6 Å². The Morgan fingerprint density at radius 2 is 1.85 bits per heavy atom. The molecule has 0 saturated heterocycles. The molecule has 4 rings (SSSR count). The number of ether oxygens (including phenoxy) is 1. The normalized spacial score (nSPS) is 14.0. The summed E-state index contributed by atoms with van der Waals surface area (Å²) in [4.78, 5) is 30.4. The zero-order valence-corrected chi connectivity index (χ0v) is 14.8. The van der Waals surface area contributed by atoms with Gasteiger partial charge >= 0.3 is 12.1 Å². The van der Waals surface area contributed by atoms with Crippen molar-refractivity contribution in [2.45, 2.75) is 26.5 Å². The molecule has 0 N–H and O–H groups in total. The highest BCUT2D eigenvalue weighted by Crippen LogP contribution is 2.28. The standard InChI is InChI=1S/C19H17FN4O3/c1-12(2)27-19(26)24-18(25)23-16-6-4-3-5-15(16)21-17(23)11-22(24)14-9-7-13(20)8-10-14/h3-10,12H,11H2,1-2H3. The van der Waals surface area contributed by atoms with E-state index < -0.39 is 24.0 Å². The second kappa shape index (κ2) is 6.39. The van der Waals surface area contributed by atoms with E-state index in [2.05, 4.69) is 4.98 Å². The number of anilines is 1. The van der Waals surface area contributed by atoms with Gasteiger partial charge in [-0.15, -0.1) is 5.01 Å². The van der Waals surface area contributed by atoms with E-state index in [1.54, 1.807) is 32.0 Å². The van der Waals surface area contributed by atoms with Gasteiger partial charge in [-0.3, -0.25) is 5.01 Å². The molecule has 3 aromatic rings. The second-order valence-corrected chi connectivity index (χ2v) is 6.41. The number of hydrogen-bond donors (Lipinski definition) is 0. The summed E-state index contributed by atoms with van der Waals surface area (Å²) in [6, 6.07) is 12.1. The van der Waals surface area contributed by atoms with E-state index in [1.165, 1.54) is 33.8 Å². The molecule has 2 amide bonds. The molecule has 0 aliphatic carbocycles.